The molecule has 3 N–H and O–H groups in total. The van der Waals surface area contributed by atoms with E-state index in [-0.39, 0.29) is 18.2 Å². The van der Waals surface area contributed by atoms with Gasteiger partial charge in [0.15, 0.2) is 0 Å². The van der Waals surface area contributed by atoms with E-state index in [0.717, 1.165) is 5.39 Å². The van der Waals surface area contributed by atoms with Crippen molar-refractivity contribution in [3.63, 3.8) is 0 Å². The number of nitrogens with one attached hydrogen (secondary N) is 2. The van der Waals surface area contributed by atoms with Crippen LogP contribution < -0.4 is 10.6 Å². The number of benzene rings is 1. The Balaban J connectivity index is 1.93. The first-order valence-corrected chi connectivity index (χ1v) is 8.03. The smallest absolute Gasteiger partial charge is 0.326 e. The lowest BCUT2D eigenvalue weighted by molar-refractivity contribution is -0.142. The molecular formula is C18H21N3O4. The Labute approximate surface area is 145 Å². The molecule has 1 heterocycles. The van der Waals surface area contributed by atoms with Crippen molar-refractivity contribution in [2.24, 2.45) is 5.92 Å². The molecule has 0 spiro atoms. The van der Waals surface area contributed by atoms with Gasteiger partial charge in [-0.3, -0.25) is 9.59 Å². The van der Waals surface area contributed by atoms with Crippen molar-refractivity contribution in [2.45, 2.75) is 26.3 Å². The molecule has 1 atom stereocenters. The first-order valence-electron chi connectivity index (χ1n) is 8.03. The first kappa shape index (κ1) is 18.4. The number of hydrogen-bond donors (Lipinski definition) is 3. The molecule has 0 aliphatic heterocycles. The minimum atomic E-state index is -1.09. The van der Waals surface area contributed by atoms with E-state index < -0.39 is 23.8 Å². The number of amides is 2. The Morgan fingerprint density at radius 1 is 1.12 bits per heavy atom. The van der Waals surface area contributed by atoms with Crippen molar-refractivity contribution < 1.29 is 19.5 Å². The van der Waals surface area contributed by atoms with E-state index in [9.17, 15) is 14.4 Å². The fraction of sp³-hybridized carbons (Fsp3) is 0.333. The highest BCUT2D eigenvalue weighted by molar-refractivity contribution is 5.97. The zero-order chi connectivity index (χ0) is 18.4. The molecular weight excluding hydrogens is 322 g/mol. The summed E-state index contributed by atoms with van der Waals surface area (Å²) in [7, 11) is 0. The lowest BCUT2D eigenvalue weighted by Crippen LogP contribution is -2.46. The van der Waals surface area contributed by atoms with Gasteiger partial charge in [0.25, 0.3) is 5.91 Å². The number of aliphatic carboxylic acids is 1. The third-order valence-electron chi connectivity index (χ3n) is 3.58. The third-order valence-corrected chi connectivity index (χ3v) is 3.58. The van der Waals surface area contributed by atoms with Crippen LogP contribution in [0, 0.1) is 5.92 Å². The van der Waals surface area contributed by atoms with Gasteiger partial charge in [0.2, 0.25) is 5.91 Å². The largest absolute Gasteiger partial charge is 0.480 e. The molecule has 132 valence electrons. The number of carbonyl (C=O) groups excluding carboxylic acids is 2. The molecule has 0 aliphatic rings. The number of carboxylic acids is 1. The van der Waals surface area contributed by atoms with Gasteiger partial charge in [-0.05, 0) is 24.5 Å². The van der Waals surface area contributed by atoms with Crippen LogP contribution in [0.25, 0.3) is 10.9 Å². The van der Waals surface area contributed by atoms with Crippen molar-refractivity contribution in [1.82, 2.24) is 15.6 Å². The fourth-order valence-electron chi connectivity index (χ4n) is 2.38. The molecule has 2 rings (SSSR count). The van der Waals surface area contributed by atoms with Crippen LogP contribution in [-0.2, 0) is 9.59 Å². The average Bonchev–Trinajstić information content (AvgIpc) is 2.58. The lowest BCUT2D eigenvalue weighted by Gasteiger charge is -2.16. The molecule has 0 unspecified atom stereocenters. The van der Waals surface area contributed by atoms with Gasteiger partial charge >= 0.3 is 5.97 Å². The predicted molar refractivity (Wildman–Crippen MR) is 93.1 cm³/mol. The van der Waals surface area contributed by atoms with E-state index in [0.29, 0.717) is 11.9 Å². The molecule has 2 aromatic rings. The number of carbonyl (C=O) groups is 3. The molecule has 0 fully saturated rings. The van der Waals surface area contributed by atoms with Gasteiger partial charge in [0.1, 0.15) is 11.7 Å². The standard InChI is InChI=1S/C18H21N3O4/c1-11(2)9-15(18(24)25)21-16(22)10-19-17(23)14-8-7-12-5-3-4-6-13(12)20-14/h3-8,11,15H,9-10H2,1-2H3,(H,19,23)(H,21,22)(H,24,25)/t15-/m0/s1. The molecule has 0 saturated carbocycles. The summed E-state index contributed by atoms with van der Waals surface area (Å²) in [5.41, 5.74) is 0.881. The Morgan fingerprint density at radius 2 is 1.84 bits per heavy atom. The van der Waals surface area contributed by atoms with Crippen LogP contribution in [0.2, 0.25) is 0 Å². The van der Waals surface area contributed by atoms with Crippen molar-refractivity contribution >= 4 is 28.7 Å². The normalized spacial score (nSPS) is 12.0. The quantitative estimate of drug-likeness (QED) is 0.707. The highest BCUT2D eigenvalue weighted by Crippen LogP contribution is 2.11. The summed E-state index contributed by atoms with van der Waals surface area (Å²) in [4.78, 5) is 39.4. The van der Waals surface area contributed by atoms with Gasteiger partial charge in [-0.1, -0.05) is 38.1 Å². The first-order chi connectivity index (χ1) is 11.9. The zero-order valence-electron chi connectivity index (χ0n) is 14.2. The Morgan fingerprint density at radius 3 is 2.52 bits per heavy atom. The Hall–Kier alpha value is -2.96. The van der Waals surface area contributed by atoms with Crippen molar-refractivity contribution in [1.29, 1.82) is 0 Å². The maximum atomic E-state index is 12.1. The van der Waals surface area contributed by atoms with Gasteiger partial charge in [-0.25, -0.2) is 9.78 Å². The van der Waals surface area contributed by atoms with Crippen molar-refractivity contribution in [2.75, 3.05) is 6.54 Å². The van der Waals surface area contributed by atoms with Gasteiger partial charge in [-0.2, -0.15) is 0 Å². The second kappa shape index (κ2) is 8.23. The number of aromatic nitrogens is 1. The van der Waals surface area contributed by atoms with Crippen molar-refractivity contribution in [3.05, 3.63) is 42.1 Å². The molecule has 7 nitrogen and oxygen atoms in total. The molecule has 0 bridgehead atoms. The van der Waals surface area contributed by atoms with Crippen LogP contribution in [0.15, 0.2) is 36.4 Å². The lowest BCUT2D eigenvalue weighted by atomic mass is 10.0. The number of para-hydroxylation sites is 1. The van der Waals surface area contributed by atoms with Crippen LogP contribution in [0.5, 0.6) is 0 Å². The molecule has 0 radical (unpaired) electrons. The van der Waals surface area contributed by atoms with Gasteiger partial charge < -0.3 is 15.7 Å². The zero-order valence-corrected chi connectivity index (χ0v) is 14.2. The predicted octanol–water partition coefficient (Wildman–Crippen LogP) is 1.58. The van der Waals surface area contributed by atoms with Crippen molar-refractivity contribution in [3.8, 4) is 0 Å². The summed E-state index contributed by atoms with van der Waals surface area (Å²) in [6.45, 7) is 3.43. The summed E-state index contributed by atoms with van der Waals surface area (Å²) in [6.07, 6.45) is 0.321. The number of fused-ring (bicyclic) bond motifs is 1. The maximum absolute atomic E-state index is 12.1. The van der Waals surface area contributed by atoms with Crippen LogP contribution >= 0.6 is 0 Å². The third kappa shape index (κ3) is 5.27. The van der Waals surface area contributed by atoms with Gasteiger partial charge in [0, 0.05) is 5.39 Å². The average molecular weight is 343 g/mol. The van der Waals surface area contributed by atoms with Crippen LogP contribution in [-0.4, -0.2) is 40.5 Å². The highest BCUT2D eigenvalue weighted by Gasteiger charge is 2.21. The summed E-state index contributed by atoms with van der Waals surface area (Å²) in [5, 5.41) is 14.9. The monoisotopic (exact) mass is 343 g/mol. The summed E-state index contributed by atoms with van der Waals surface area (Å²) in [5.74, 6) is -2.01. The van der Waals surface area contributed by atoms with Crippen LogP contribution in [0.1, 0.15) is 30.8 Å². The van der Waals surface area contributed by atoms with Crippen LogP contribution in [0.4, 0.5) is 0 Å². The number of carboxylic acid groups (broad SMARTS) is 1. The number of nitrogens with zero attached hydrogens (tertiary/aromatic N) is 1. The minimum Gasteiger partial charge on any atom is -0.480 e. The molecule has 1 aromatic carbocycles. The summed E-state index contributed by atoms with van der Waals surface area (Å²) >= 11 is 0. The van der Waals surface area contributed by atoms with E-state index in [2.05, 4.69) is 15.6 Å². The summed E-state index contributed by atoms with van der Waals surface area (Å²) < 4.78 is 0. The fourth-order valence-corrected chi connectivity index (χ4v) is 2.38. The number of rotatable bonds is 7. The Kier molecular flexibility index (Phi) is 6.05. The second-order valence-electron chi connectivity index (χ2n) is 6.16. The van der Waals surface area contributed by atoms with E-state index in [1.807, 2.05) is 32.0 Å². The van der Waals surface area contributed by atoms with E-state index in [4.69, 9.17) is 5.11 Å². The molecule has 0 saturated heterocycles. The molecule has 2 amide bonds. The molecule has 1 aromatic heterocycles. The molecule has 0 aliphatic carbocycles. The van der Waals surface area contributed by atoms with E-state index in [1.165, 1.54) is 0 Å². The van der Waals surface area contributed by atoms with Gasteiger partial charge in [0.05, 0.1) is 12.1 Å². The Bertz CT molecular complexity index is 789. The van der Waals surface area contributed by atoms with E-state index in [1.54, 1.807) is 18.2 Å². The highest BCUT2D eigenvalue weighted by atomic mass is 16.4. The van der Waals surface area contributed by atoms with E-state index >= 15 is 0 Å². The SMILES string of the molecule is CC(C)C[C@H](NC(=O)CNC(=O)c1ccc2ccccc2n1)C(=O)O. The number of hydrogen-bond acceptors (Lipinski definition) is 4. The molecule has 25 heavy (non-hydrogen) atoms. The minimum absolute atomic E-state index is 0.123. The summed E-state index contributed by atoms with van der Waals surface area (Å²) in [6, 6.07) is 9.77. The topological polar surface area (TPSA) is 108 Å². The molecule has 7 heteroatoms. The van der Waals surface area contributed by atoms with Crippen LogP contribution in [0.3, 0.4) is 0 Å². The maximum Gasteiger partial charge on any atom is 0.326 e. The number of pyridine rings is 1. The van der Waals surface area contributed by atoms with Gasteiger partial charge in [-0.15, -0.1) is 0 Å². The second-order valence-corrected chi connectivity index (χ2v) is 6.16.